The number of aromatic nitrogens is 3. The summed E-state index contributed by atoms with van der Waals surface area (Å²) in [4.78, 5) is 25.3. The first-order valence-corrected chi connectivity index (χ1v) is 6.96. The van der Waals surface area contributed by atoms with Crippen LogP contribution in [0.3, 0.4) is 0 Å². The fourth-order valence-electron chi connectivity index (χ4n) is 2.40. The van der Waals surface area contributed by atoms with Crippen LogP contribution < -0.4 is 0 Å². The van der Waals surface area contributed by atoms with Gasteiger partial charge in [-0.25, -0.2) is 4.68 Å². The Balaban J connectivity index is 1.55. The minimum atomic E-state index is -0.488. The van der Waals surface area contributed by atoms with Crippen LogP contribution in [-0.2, 0) is 20.9 Å². The molecule has 1 saturated heterocycles. The van der Waals surface area contributed by atoms with E-state index in [1.54, 1.807) is 4.90 Å². The molecule has 0 saturated carbocycles. The molecule has 21 heavy (non-hydrogen) atoms. The minimum Gasteiger partial charge on any atom is -0.454 e. The fourth-order valence-corrected chi connectivity index (χ4v) is 2.40. The van der Waals surface area contributed by atoms with Gasteiger partial charge in [-0.3, -0.25) is 9.59 Å². The second-order valence-corrected chi connectivity index (χ2v) is 4.98. The molecule has 0 aliphatic carbocycles. The Bertz CT molecular complexity index is 661. The van der Waals surface area contributed by atoms with E-state index in [0.29, 0.717) is 0 Å². The summed E-state index contributed by atoms with van der Waals surface area (Å²) >= 11 is 0. The molecule has 0 unspecified atom stereocenters. The number of likely N-dealkylation sites (tertiary alicyclic amines) is 1. The van der Waals surface area contributed by atoms with Crippen LogP contribution in [0.2, 0.25) is 0 Å². The summed E-state index contributed by atoms with van der Waals surface area (Å²) in [7, 11) is 0. The minimum absolute atomic E-state index is 0.0478. The van der Waals surface area contributed by atoms with Crippen LogP contribution in [0, 0.1) is 0 Å². The summed E-state index contributed by atoms with van der Waals surface area (Å²) in [6.07, 6.45) is 2.04. The van der Waals surface area contributed by atoms with E-state index in [1.807, 2.05) is 24.3 Å². The van der Waals surface area contributed by atoms with Crippen molar-refractivity contribution in [1.29, 1.82) is 0 Å². The van der Waals surface area contributed by atoms with Gasteiger partial charge in [0.2, 0.25) is 0 Å². The van der Waals surface area contributed by atoms with Crippen LogP contribution in [0.5, 0.6) is 0 Å². The second-order valence-electron chi connectivity index (χ2n) is 4.98. The monoisotopic (exact) mass is 288 g/mol. The first kappa shape index (κ1) is 13.5. The quantitative estimate of drug-likeness (QED) is 0.770. The lowest BCUT2D eigenvalue weighted by atomic mass is 10.3. The van der Waals surface area contributed by atoms with Crippen LogP contribution in [0.1, 0.15) is 12.8 Å². The maximum Gasteiger partial charge on any atom is 0.328 e. The van der Waals surface area contributed by atoms with Gasteiger partial charge in [0.05, 0.1) is 5.52 Å². The van der Waals surface area contributed by atoms with E-state index in [4.69, 9.17) is 4.74 Å². The van der Waals surface area contributed by atoms with Gasteiger partial charge in [0, 0.05) is 13.1 Å². The van der Waals surface area contributed by atoms with E-state index >= 15 is 0 Å². The Hall–Kier alpha value is -2.44. The Morgan fingerprint density at radius 3 is 2.76 bits per heavy atom. The summed E-state index contributed by atoms with van der Waals surface area (Å²) in [5.74, 6) is -0.623. The predicted molar refractivity (Wildman–Crippen MR) is 74.3 cm³/mol. The Kier molecular flexibility index (Phi) is 3.81. The lowest BCUT2D eigenvalue weighted by Crippen LogP contribution is -2.32. The Morgan fingerprint density at radius 1 is 1.19 bits per heavy atom. The molecule has 1 aliphatic rings. The highest BCUT2D eigenvalue weighted by Crippen LogP contribution is 2.10. The SMILES string of the molecule is O=C(Cn1nnc2ccccc21)OCC(=O)N1CCCC1. The molecule has 110 valence electrons. The molecule has 1 aromatic heterocycles. The van der Waals surface area contributed by atoms with E-state index in [1.165, 1.54) is 4.68 Å². The number of carbonyl (C=O) groups excluding carboxylic acids is 2. The van der Waals surface area contributed by atoms with E-state index in [9.17, 15) is 9.59 Å². The molecule has 0 radical (unpaired) electrons. The average Bonchev–Trinajstić information content (AvgIpc) is 3.15. The number of esters is 1. The zero-order valence-corrected chi connectivity index (χ0v) is 11.6. The fraction of sp³-hybridized carbons (Fsp3) is 0.429. The molecule has 0 bridgehead atoms. The number of nitrogens with zero attached hydrogens (tertiary/aromatic N) is 4. The van der Waals surface area contributed by atoms with Crippen LogP contribution in [0.15, 0.2) is 24.3 Å². The predicted octanol–water partition coefficient (Wildman–Crippen LogP) is 0.597. The number of ether oxygens (including phenoxy) is 1. The van der Waals surface area contributed by atoms with Crippen molar-refractivity contribution in [3.8, 4) is 0 Å². The Morgan fingerprint density at radius 2 is 1.95 bits per heavy atom. The zero-order chi connectivity index (χ0) is 14.7. The average molecular weight is 288 g/mol. The molecule has 1 amide bonds. The van der Waals surface area contributed by atoms with Gasteiger partial charge in [-0.1, -0.05) is 17.3 Å². The van der Waals surface area contributed by atoms with Crippen molar-refractivity contribution in [3.63, 3.8) is 0 Å². The van der Waals surface area contributed by atoms with Gasteiger partial charge < -0.3 is 9.64 Å². The number of benzene rings is 1. The van der Waals surface area contributed by atoms with Crippen molar-refractivity contribution in [1.82, 2.24) is 19.9 Å². The van der Waals surface area contributed by atoms with Gasteiger partial charge in [-0.05, 0) is 25.0 Å². The summed E-state index contributed by atoms with van der Waals surface area (Å²) in [5, 5.41) is 7.87. The van der Waals surface area contributed by atoms with Crippen molar-refractivity contribution in [2.75, 3.05) is 19.7 Å². The lowest BCUT2D eigenvalue weighted by Gasteiger charge is -2.14. The van der Waals surface area contributed by atoms with Gasteiger partial charge in [0.25, 0.3) is 5.91 Å². The number of hydrogen-bond donors (Lipinski definition) is 0. The maximum atomic E-state index is 11.8. The van der Waals surface area contributed by atoms with Crippen molar-refractivity contribution in [2.24, 2.45) is 0 Å². The van der Waals surface area contributed by atoms with E-state index in [0.717, 1.165) is 37.0 Å². The molecule has 0 spiro atoms. The van der Waals surface area contributed by atoms with Gasteiger partial charge in [0.15, 0.2) is 6.61 Å². The van der Waals surface area contributed by atoms with Crippen molar-refractivity contribution >= 4 is 22.9 Å². The highest BCUT2D eigenvalue weighted by atomic mass is 16.5. The number of rotatable bonds is 4. The first-order valence-electron chi connectivity index (χ1n) is 6.96. The second kappa shape index (κ2) is 5.90. The van der Waals surface area contributed by atoms with Gasteiger partial charge in [0.1, 0.15) is 12.1 Å². The van der Waals surface area contributed by atoms with Crippen LogP contribution >= 0.6 is 0 Å². The van der Waals surface area contributed by atoms with Crippen LogP contribution in [-0.4, -0.2) is 51.5 Å². The normalized spacial score (nSPS) is 14.6. The summed E-state index contributed by atoms with van der Waals surface area (Å²) in [6.45, 7) is 1.26. The van der Waals surface area contributed by atoms with Crippen molar-refractivity contribution in [2.45, 2.75) is 19.4 Å². The molecule has 2 aromatic rings. The smallest absolute Gasteiger partial charge is 0.328 e. The molecule has 1 aliphatic heterocycles. The summed E-state index contributed by atoms with van der Waals surface area (Å²) in [6, 6.07) is 7.36. The van der Waals surface area contributed by atoms with Gasteiger partial charge in [-0.2, -0.15) is 0 Å². The molecular formula is C14H16N4O3. The highest BCUT2D eigenvalue weighted by Gasteiger charge is 2.19. The van der Waals surface area contributed by atoms with Crippen LogP contribution in [0.4, 0.5) is 0 Å². The zero-order valence-electron chi connectivity index (χ0n) is 11.6. The number of para-hydroxylation sites is 1. The summed E-state index contributed by atoms with van der Waals surface area (Å²) < 4.78 is 6.49. The number of fused-ring (bicyclic) bond motifs is 1. The number of carbonyl (C=O) groups is 2. The molecule has 1 fully saturated rings. The van der Waals surface area contributed by atoms with Gasteiger partial charge >= 0.3 is 5.97 Å². The lowest BCUT2D eigenvalue weighted by molar-refractivity contribution is -0.152. The van der Waals surface area contributed by atoms with Crippen molar-refractivity contribution in [3.05, 3.63) is 24.3 Å². The molecule has 7 nitrogen and oxygen atoms in total. The first-order chi connectivity index (χ1) is 10.2. The molecule has 1 aromatic carbocycles. The molecule has 7 heteroatoms. The number of hydrogen-bond acceptors (Lipinski definition) is 5. The molecular weight excluding hydrogens is 272 g/mol. The third kappa shape index (κ3) is 3.01. The topological polar surface area (TPSA) is 77.3 Å². The highest BCUT2D eigenvalue weighted by molar-refractivity contribution is 5.81. The third-order valence-electron chi connectivity index (χ3n) is 3.51. The molecule has 0 N–H and O–H groups in total. The molecule has 3 rings (SSSR count). The van der Waals surface area contributed by atoms with E-state index < -0.39 is 5.97 Å². The Labute approximate surface area is 121 Å². The van der Waals surface area contributed by atoms with Crippen molar-refractivity contribution < 1.29 is 14.3 Å². The van der Waals surface area contributed by atoms with Crippen LogP contribution in [0.25, 0.3) is 11.0 Å². The summed E-state index contributed by atoms with van der Waals surface area (Å²) in [5.41, 5.74) is 1.48. The standard InChI is InChI=1S/C14H16N4O3/c19-13(17-7-3-4-8-17)10-21-14(20)9-18-12-6-2-1-5-11(12)15-16-18/h1-2,5-6H,3-4,7-10H2. The maximum absolute atomic E-state index is 11.8. The number of amides is 1. The third-order valence-corrected chi connectivity index (χ3v) is 3.51. The van der Waals surface area contributed by atoms with E-state index in [2.05, 4.69) is 10.3 Å². The molecule has 2 heterocycles. The van der Waals surface area contributed by atoms with E-state index in [-0.39, 0.29) is 19.1 Å². The van der Waals surface area contributed by atoms with Gasteiger partial charge in [-0.15, -0.1) is 5.10 Å². The molecule has 0 atom stereocenters. The largest absolute Gasteiger partial charge is 0.454 e.